The summed E-state index contributed by atoms with van der Waals surface area (Å²) < 4.78 is 0. The molecule has 3 aromatic carbocycles. The molecule has 0 bridgehead atoms. The predicted octanol–water partition coefficient (Wildman–Crippen LogP) is 6.44. The summed E-state index contributed by atoms with van der Waals surface area (Å²) in [6.45, 7) is 6.35. The van der Waals surface area contributed by atoms with Gasteiger partial charge in [-0.05, 0) is 43.0 Å². The average Bonchev–Trinajstić information content (AvgIpc) is 2.87. The van der Waals surface area contributed by atoms with Crippen LogP contribution in [0.15, 0.2) is 78.9 Å². The highest BCUT2D eigenvalue weighted by atomic mass is 35.5. The Morgan fingerprint density at radius 1 is 0.972 bits per heavy atom. The summed E-state index contributed by atoms with van der Waals surface area (Å²) in [6.07, 6.45) is 1.25. The van der Waals surface area contributed by atoms with Crippen LogP contribution in [0.25, 0.3) is 0 Å². The SMILES string of the molecule is CC[C@H](C)NC(=O)[C@H](Cc1ccccc1)N(Cc1ccccc1Cl)C(=O)CSCc1cccc(C)c1. The Morgan fingerprint density at radius 2 is 1.67 bits per heavy atom. The molecule has 190 valence electrons. The Labute approximate surface area is 224 Å². The van der Waals surface area contributed by atoms with Crippen molar-refractivity contribution in [1.82, 2.24) is 10.2 Å². The van der Waals surface area contributed by atoms with Crippen molar-refractivity contribution in [2.45, 2.75) is 58.0 Å². The smallest absolute Gasteiger partial charge is 0.243 e. The Kier molecular flexibility index (Phi) is 10.9. The number of thioether (sulfide) groups is 1. The second-order valence-corrected chi connectivity index (χ2v) is 10.5. The number of amides is 2. The number of benzene rings is 3. The van der Waals surface area contributed by atoms with Crippen molar-refractivity contribution >= 4 is 35.2 Å². The molecule has 0 aliphatic rings. The first kappa shape index (κ1) is 27.8. The molecule has 0 unspecified atom stereocenters. The van der Waals surface area contributed by atoms with E-state index >= 15 is 0 Å². The Morgan fingerprint density at radius 3 is 2.36 bits per heavy atom. The number of nitrogens with zero attached hydrogens (tertiary/aromatic N) is 1. The fraction of sp³-hybridized carbons (Fsp3) is 0.333. The van der Waals surface area contributed by atoms with Crippen molar-refractivity contribution in [2.24, 2.45) is 0 Å². The summed E-state index contributed by atoms with van der Waals surface area (Å²) in [4.78, 5) is 28.9. The van der Waals surface area contributed by atoms with Crippen molar-refractivity contribution in [1.29, 1.82) is 0 Å². The summed E-state index contributed by atoms with van der Waals surface area (Å²) in [7, 11) is 0. The number of nitrogens with one attached hydrogen (secondary N) is 1. The van der Waals surface area contributed by atoms with Gasteiger partial charge in [0.1, 0.15) is 6.04 Å². The number of carbonyl (C=O) groups excluding carboxylic acids is 2. The molecule has 3 aromatic rings. The second kappa shape index (κ2) is 14.1. The van der Waals surface area contributed by atoms with E-state index in [4.69, 9.17) is 11.6 Å². The Hall–Kier alpha value is -2.76. The Bertz CT molecular complexity index is 1140. The molecule has 0 fully saturated rings. The van der Waals surface area contributed by atoms with Crippen LogP contribution in [-0.4, -0.2) is 34.6 Å². The highest BCUT2D eigenvalue weighted by molar-refractivity contribution is 7.99. The summed E-state index contributed by atoms with van der Waals surface area (Å²) in [6, 6.07) is 25.0. The maximum absolute atomic E-state index is 13.7. The minimum Gasteiger partial charge on any atom is -0.352 e. The fourth-order valence-electron chi connectivity index (χ4n) is 3.95. The van der Waals surface area contributed by atoms with Gasteiger partial charge in [0, 0.05) is 29.8 Å². The van der Waals surface area contributed by atoms with Crippen LogP contribution in [-0.2, 0) is 28.3 Å². The number of rotatable bonds is 12. The predicted molar refractivity (Wildman–Crippen MR) is 151 cm³/mol. The molecule has 4 nitrogen and oxygen atoms in total. The molecule has 2 amide bonds. The zero-order valence-electron chi connectivity index (χ0n) is 21.2. The van der Waals surface area contributed by atoms with Crippen molar-refractivity contribution in [3.8, 4) is 0 Å². The first-order valence-corrected chi connectivity index (χ1v) is 13.9. The topological polar surface area (TPSA) is 49.4 Å². The molecular weight excluding hydrogens is 488 g/mol. The van der Waals surface area contributed by atoms with E-state index in [-0.39, 0.29) is 30.2 Å². The largest absolute Gasteiger partial charge is 0.352 e. The average molecular weight is 523 g/mol. The van der Waals surface area contributed by atoms with Gasteiger partial charge < -0.3 is 10.2 Å². The molecule has 2 atom stereocenters. The van der Waals surface area contributed by atoms with Crippen LogP contribution >= 0.6 is 23.4 Å². The van der Waals surface area contributed by atoms with Crippen LogP contribution in [0.5, 0.6) is 0 Å². The van der Waals surface area contributed by atoms with E-state index in [0.29, 0.717) is 11.4 Å². The summed E-state index contributed by atoms with van der Waals surface area (Å²) >= 11 is 8.04. The van der Waals surface area contributed by atoms with E-state index in [1.54, 1.807) is 16.7 Å². The lowest BCUT2D eigenvalue weighted by Crippen LogP contribution is -2.52. The van der Waals surface area contributed by atoms with Gasteiger partial charge in [-0.25, -0.2) is 0 Å². The van der Waals surface area contributed by atoms with Crippen molar-refractivity contribution in [3.05, 3.63) is 106 Å². The molecule has 0 aliphatic heterocycles. The molecule has 1 N–H and O–H groups in total. The quantitative estimate of drug-likeness (QED) is 0.298. The first-order chi connectivity index (χ1) is 17.4. The molecule has 0 spiro atoms. The molecule has 0 aromatic heterocycles. The minimum absolute atomic E-state index is 0.0173. The van der Waals surface area contributed by atoms with E-state index in [1.807, 2.05) is 74.5 Å². The van der Waals surface area contributed by atoms with E-state index in [1.165, 1.54) is 11.1 Å². The van der Waals surface area contributed by atoms with Crippen LogP contribution < -0.4 is 5.32 Å². The molecule has 36 heavy (non-hydrogen) atoms. The molecule has 0 heterocycles. The lowest BCUT2D eigenvalue weighted by molar-refractivity contribution is -0.139. The van der Waals surface area contributed by atoms with E-state index in [0.717, 1.165) is 23.3 Å². The maximum atomic E-state index is 13.7. The molecule has 0 saturated carbocycles. The molecular formula is C30H35ClN2O2S. The number of carbonyl (C=O) groups is 2. The van der Waals surface area contributed by atoms with Crippen LogP contribution in [0.1, 0.15) is 42.5 Å². The van der Waals surface area contributed by atoms with Gasteiger partial charge in [0.05, 0.1) is 5.75 Å². The normalized spacial score (nSPS) is 12.6. The van der Waals surface area contributed by atoms with Crippen LogP contribution in [0, 0.1) is 6.92 Å². The van der Waals surface area contributed by atoms with Gasteiger partial charge in [-0.15, -0.1) is 11.8 Å². The standard InChI is InChI=1S/C30H35ClN2O2S/c1-4-23(3)32-30(35)28(18-24-12-6-5-7-13-24)33(19-26-15-8-9-16-27(26)31)29(34)21-36-20-25-14-10-11-22(2)17-25/h5-17,23,28H,4,18-21H2,1-3H3,(H,32,35)/t23-,28-/m0/s1. The highest BCUT2D eigenvalue weighted by Gasteiger charge is 2.31. The molecule has 6 heteroatoms. The zero-order valence-corrected chi connectivity index (χ0v) is 22.8. The molecule has 3 rings (SSSR count). The van der Waals surface area contributed by atoms with Crippen molar-refractivity contribution < 1.29 is 9.59 Å². The van der Waals surface area contributed by atoms with Crippen molar-refractivity contribution in [2.75, 3.05) is 5.75 Å². The third-order valence-electron chi connectivity index (χ3n) is 6.15. The van der Waals surface area contributed by atoms with Gasteiger partial charge in [-0.1, -0.05) is 96.9 Å². The number of hydrogen-bond acceptors (Lipinski definition) is 3. The van der Waals surface area contributed by atoms with Crippen LogP contribution in [0.4, 0.5) is 0 Å². The first-order valence-electron chi connectivity index (χ1n) is 12.4. The fourth-order valence-corrected chi connectivity index (χ4v) is 5.00. The zero-order chi connectivity index (χ0) is 25.9. The summed E-state index contributed by atoms with van der Waals surface area (Å²) in [5.74, 6) is 0.792. The van der Waals surface area contributed by atoms with Gasteiger partial charge in [-0.2, -0.15) is 0 Å². The maximum Gasteiger partial charge on any atom is 0.243 e. The third kappa shape index (κ3) is 8.42. The molecule has 0 radical (unpaired) electrons. The molecule has 0 aliphatic carbocycles. The molecule has 0 saturated heterocycles. The van der Waals surface area contributed by atoms with Crippen LogP contribution in [0.3, 0.4) is 0 Å². The van der Waals surface area contributed by atoms with E-state index in [2.05, 4.69) is 30.4 Å². The van der Waals surface area contributed by atoms with Crippen LogP contribution in [0.2, 0.25) is 5.02 Å². The monoisotopic (exact) mass is 522 g/mol. The van der Waals surface area contributed by atoms with Crippen molar-refractivity contribution in [3.63, 3.8) is 0 Å². The minimum atomic E-state index is -0.648. The number of hydrogen-bond donors (Lipinski definition) is 1. The van der Waals surface area contributed by atoms with Gasteiger partial charge in [0.25, 0.3) is 0 Å². The summed E-state index contributed by atoms with van der Waals surface area (Å²) in [5.41, 5.74) is 4.21. The number of aryl methyl sites for hydroxylation is 1. The lowest BCUT2D eigenvalue weighted by Gasteiger charge is -2.32. The number of halogens is 1. The Balaban J connectivity index is 1.86. The van der Waals surface area contributed by atoms with Gasteiger partial charge >= 0.3 is 0 Å². The summed E-state index contributed by atoms with van der Waals surface area (Å²) in [5, 5.41) is 3.69. The lowest BCUT2D eigenvalue weighted by atomic mass is 10.0. The van der Waals surface area contributed by atoms with E-state index in [9.17, 15) is 9.59 Å². The second-order valence-electron chi connectivity index (χ2n) is 9.12. The van der Waals surface area contributed by atoms with E-state index < -0.39 is 6.04 Å². The highest BCUT2D eigenvalue weighted by Crippen LogP contribution is 2.22. The van der Waals surface area contributed by atoms with Gasteiger partial charge in [-0.3, -0.25) is 9.59 Å². The van der Waals surface area contributed by atoms with Gasteiger partial charge in [0.2, 0.25) is 11.8 Å². The third-order valence-corrected chi connectivity index (χ3v) is 7.50. The van der Waals surface area contributed by atoms with Gasteiger partial charge in [0.15, 0.2) is 0 Å².